The molecule has 0 spiro atoms. The average Bonchev–Trinajstić information content (AvgIpc) is 2.91. The van der Waals surface area contributed by atoms with Crippen LogP contribution in [-0.4, -0.2) is 27.5 Å². The Labute approximate surface area is 118 Å². The topological polar surface area (TPSA) is 105 Å². The molecule has 0 fully saturated rings. The summed E-state index contributed by atoms with van der Waals surface area (Å²) in [5.41, 5.74) is 0.594. The highest BCUT2D eigenvalue weighted by Gasteiger charge is 2.17. The quantitative estimate of drug-likeness (QED) is 0.626. The van der Waals surface area contributed by atoms with Gasteiger partial charge in [-0.3, -0.25) is 10.1 Å². The van der Waals surface area contributed by atoms with Crippen LogP contribution in [0.2, 0.25) is 0 Å². The number of hydrogen-bond acceptors (Lipinski definition) is 6. The Kier molecular flexibility index (Phi) is 4.26. The van der Waals surface area contributed by atoms with Crippen LogP contribution in [0, 0.1) is 10.1 Å². The van der Waals surface area contributed by atoms with Gasteiger partial charge in [-0.05, 0) is 28.8 Å². The lowest BCUT2D eigenvalue weighted by molar-refractivity contribution is -0.385. The van der Waals surface area contributed by atoms with Gasteiger partial charge in [-0.1, -0.05) is 0 Å². The number of carbonyl (C=O) groups is 1. The molecule has 0 bridgehead atoms. The van der Waals surface area contributed by atoms with E-state index in [9.17, 15) is 14.9 Å². The summed E-state index contributed by atoms with van der Waals surface area (Å²) in [5.74, 6) is -1.11. The van der Waals surface area contributed by atoms with E-state index in [0.717, 1.165) is 24.2 Å². The molecule has 0 radical (unpaired) electrons. The number of nitrogens with zero attached hydrogens (tertiary/aromatic N) is 2. The van der Waals surface area contributed by atoms with Crippen LogP contribution < -0.4 is 5.32 Å². The van der Waals surface area contributed by atoms with Crippen molar-refractivity contribution in [3.63, 3.8) is 0 Å². The fraction of sp³-hybridized carbons (Fsp3) is 0.167. The number of aromatic nitrogens is 1. The number of nitrogens with one attached hydrogen (secondary N) is 1. The lowest BCUT2D eigenvalue weighted by Gasteiger charge is -2.07. The number of hydrogen-bond donors (Lipinski definition) is 2. The molecule has 0 aromatic carbocycles. The summed E-state index contributed by atoms with van der Waals surface area (Å²) in [6, 6.07) is 2.98. The molecule has 0 aliphatic heterocycles. The van der Waals surface area contributed by atoms with Crippen molar-refractivity contribution in [2.24, 2.45) is 0 Å². The maximum atomic E-state index is 11.1. The maximum Gasteiger partial charge on any atom is 0.339 e. The molecule has 0 aliphatic rings. The molecule has 0 atom stereocenters. The van der Waals surface area contributed by atoms with Crippen molar-refractivity contribution in [2.45, 2.75) is 6.42 Å². The average molecular weight is 293 g/mol. The van der Waals surface area contributed by atoms with Crippen LogP contribution in [-0.2, 0) is 6.42 Å². The summed E-state index contributed by atoms with van der Waals surface area (Å²) < 4.78 is 0. The highest BCUT2D eigenvalue weighted by atomic mass is 32.1. The Morgan fingerprint density at radius 3 is 2.95 bits per heavy atom. The summed E-state index contributed by atoms with van der Waals surface area (Å²) in [7, 11) is 0. The molecule has 20 heavy (non-hydrogen) atoms. The van der Waals surface area contributed by atoms with E-state index in [4.69, 9.17) is 5.11 Å². The van der Waals surface area contributed by atoms with Crippen LogP contribution in [0.1, 0.15) is 15.9 Å². The minimum atomic E-state index is -1.25. The zero-order chi connectivity index (χ0) is 14.5. The summed E-state index contributed by atoms with van der Waals surface area (Å²) in [6.45, 7) is 0.502. The van der Waals surface area contributed by atoms with Crippen LogP contribution in [0.4, 0.5) is 11.5 Å². The van der Waals surface area contributed by atoms with E-state index in [2.05, 4.69) is 10.3 Å². The van der Waals surface area contributed by atoms with Gasteiger partial charge < -0.3 is 10.4 Å². The van der Waals surface area contributed by atoms with Crippen molar-refractivity contribution < 1.29 is 14.8 Å². The number of thiophene rings is 1. The zero-order valence-electron chi connectivity index (χ0n) is 10.3. The molecule has 0 aliphatic carbocycles. The third kappa shape index (κ3) is 3.29. The number of anilines is 1. The predicted octanol–water partition coefficient (Wildman–Crippen LogP) is 2.40. The van der Waals surface area contributed by atoms with Crippen molar-refractivity contribution in [2.75, 3.05) is 11.9 Å². The second-order valence-corrected chi connectivity index (χ2v) is 4.74. The van der Waals surface area contributed by atoms with Gasteiger partial charge in [0.05, 0.1) is 4.92 Å². The molecular weight excluding hydrogens is 282 g/mol. The van der Waals surface area contributed by atoms with E-state index in [1.165, 1.54) is 0 Å². The normalized spacial score (nSPS) is 10.2. The Morgan fingerprint density at radius 2 is 2.35 bits per heavy atom. The first-order valence-corrected chi connectivity index (χ1v) is 6.65. The number of nitro groups is 1. The van der Waals surface area contributed by atoms with Crippen LogP contribution >= 0.6 is 11.3 Å². The molecule has 8 heteroatoms. The van der Waals surface area contributed by atoms with E-state index in [1.54, 1.807) is 11.3 Å². The molecular formula is C12H11N3O4S. The molecule has 0 unspecified atom stereocenters. The van der Waals surface area contributed by atoms with E-state index in [1.807, 2.05) is 16.8 Å². The number of rotatable bonds is 6. The third-order valence-electron chi connectivity index (χ3n) is 2.60. The van der Waals surface area contributed by atoms with Crippen molar-refractivity contribution in [1.29, 1.82) is 0 Å². The number of carboxylic acid groups (broad SMARTS) is 1. The molecule has 0 saturated carbocycles. The standard InChI is InChI=1S/C12H11N3O4S/c16-12(17)10-5-9(15(18)19)6-14-11(10)13-3-1-8-2-4-20-7-8/h2,4-7H,1,3H2,(H,13,14)(H,16,17). The van der Waals surface area contributed by atoms with Gasteiger partial charge in [0.25, 0.3) is 5.69 Å². The lowest BCUT2D eigenvalue weighted by atomic mass is 10.2. The lowest BCUT2D eigenvalue weighted by Crippen LogP contribution is -2.11. The second kappa shape index (κ2) is 6.11. The molecule has 7 nitrogen and oxygen atoms in total. The molecule has 2 aromatic heterocycles. The van der Waals surface area contributed by atoms with Crippen LogP contribution in [0.25, 0.3) is 0 Å². The van der Waals surface area contributed by atoms with Crippen LogP contribution in [0.3, 0.4) is 0 Å². The van der Waals surface area contributed by atoms with Gasteiger partial charge in [0.2, 0.25) is 0 Å². The summed E-state index contributed by atoms with van der Waals surface area (Å²) in [5, 5.41) is 26.5. The first kappa shape index (κ1) is 13.9. The predicted molar refractivity (Wildman–Crippen MR) is 74.4 cm³/mol. The summed E-state index contributed by atoms with van der Waals surface area (Å²) >= 11 is 1.59. The van der Waals surface area contributed by atoms with Crippen LogP contribution in [0.15, 0.2) is 29.1 Å². The fourth-order valence-corrected chi connectivity index (χ4v) is 2.32. The minimum Gasteiger partial charge on any atom is -0.478 e. The monoisotopic (exact) mass is 293 g/mol. The fourth-order valence-electron chi connectivity index (χ4n) is 1.62. The first-order chi connectivity index (χ1) is 9.58. The van der Waals surface area contributed by atoms with Gasteiger partial charge >= 0.3 is 5.97 Å². The summed E-state index contributed by atoms with van der Waals surface area (Å²) in [4.78, 5) is 24.8. The molecule has 0 amide bonds. The second-order valence-electron chi connectivity index (χ2n) is 3.96. The van der Waals surface area contributed by atoms with E-state index in [0.29, 0.717) is 6.54 Å². The Hall–Kier alpha value is -2.48. The van der Waals surface area contributed by atoms with Gasteiger partial charge in [-0.15, -0.1) is 0 Å². The van der Waals surface area contributed by atoms with Gasteiger partial charge in [-0.2, -0.15) is 11.3 Å². The van der Waals surface area contributed by atoms with E-state index >= 15 is 0 Å². The zero-order valence-corrected chi connectivity index (χ0v) is 11.1. The molecule has 0 saturated heterocycles. The van der Waals surface area contributed by atoms with Gasteiger partial charge in [0.1, 0.15) is 17.6 Å². The minimum absolute atomic E-state index is 0.137. The first-order valence-electron chi connectivity index (χ1n) is 5.70. The SMILES string of the molecule is O=C(O)c1cc([N+](=O)[O-])cnc1NCCc1ccsc1. The van der Waals surface area contributed by atoms with Gasteiger partial charge in [-0.25, -0.2) is 9.78 Å². The number of aromatic carboxylic acids is 1. The number of pyridine rings is 1. The molecule has 2 N–H and O–H groups in total. The smallest absolute Gasteiger partial charge is 0.339 e. The highest BCUT2D eigenvalue weighted by molar-refractivity contribution is 7.07. The van der Waals surface area contributed by atoms with E-state index in [-0.39, 0.29) is 17.1 Å². The van der Waals surface area contributed by atoms with Crippen molar-refractivity contribution in [3.8, 4) is 0 Å². The van der Waals surface area contributed by atoms with Crippen LogP contribution in [0.5, 0.6) is 0 Å². The highest BCUT2D eigenvalue weighted by Crippen LogP contribution is 2.19. The van der Waals surface area contributed by atoms with Gasteiger partial charge in [0.15, 0.2) is 0 Å². The summed E-state index contributed by atoms with van der Waals surface area (Å²) in [6.07, 6.45) is 1.76. The largest absolute Gasteiger partial charge is 0.478 e. The Balaban J connectivity index is 2.10. The maximum absolute atomic E-state index is 11.1. The molecule has 2 rings (SSSR count). The Bertz CT molecular complexity index is 628. The van der Waals surface area contributed by atoms with Crippen molar-refractivity contribution in [3.05, 3.63) is 50.3 Å². The molecule has 2 heterocycles. The third-order valence-corrected chi connectivity index (χ3v) is 3.33. The number of carboxylic acids is 1. The van der Waals surface area contributed by atoms with Gasteiger partial charge in [0, 0.05) is 12.6 Å². The van der Waals surface area contributed by atoms with Crippen molar-refractivity contribution in [1.82, 2.24) is 4.98 Å². The molecule has 104 valence electrons. The molecule has 2 aromatic rings. The van der Waals surface area contributed by atoms with E-state index < -0.39 is 10.9 Å². The Morgan fingerprint density at radius 1 is 1.55 bits per heavy atom. The van der Waals surface area contributed by atoms with Crippen molar-refractivity contribution >= 4 is 28.8 Å².